The molecular weight excluding hydrogens is 445 g/mol. The number of carbonyl (C=O) groups is 1. The summed E-state index contributed by atoms with van der Waals surface area (Å²) in [6.07, 6.45) is 5.84. The number of aromatic nitrogens is 2. The van der Waals surface area contributed by atoms with Gasteiger partial charge < -0.3 is 15.8 Å². The standard InChI is InChI=1S/C25H25F3N4O2/c1-13-9-14(11-15(29)10-13)16-7-8-30-12-20(16)32-25(33)19-5-3-18(27)24(31-19)22-17(26)4-6-21(34-2)23(22)28/h3-8,12-15H,9-11,29H2,1-2H3,(H,32,33)/t13-,14+,15+/m0/s1. The highest BCUT2D eigenvalue weighted by Crippen LogP contribution is 2.38. The van der Waals surface area contributed by atoms with Gasteiger partial charge in [-0.1, -0.05) is 6.92 Å². The Labute approximate surface area is 195 Å². The molecule has 1 aromatic carbocycles. The van der Waals surface area contributed by atoms with Crippen molar-refractivity contribution in [3.63, 3.8) is 0 Å². The van der Waals surface area contributed by atoms with Gasteiger partial charge in [0, 0.05) is 12.2 Å². The fourth-order valence-corrected chi connectivity index (χ4v) is 4.61. The molecule has 1 aliphatic carbocycles. The van der Waals surface area contributed by atoms with E-state index in [1.807, 2.05) is 6.07 Å². The van der Waals surface area contributed by atoms with Gasteiger partial charge in [-0.25, -0.2) is 18.2 Å². The Morgan fingerprint density at radius 2 is 1.85 bits per heavy atom. The molecule has 0 aliphatic heterocycles. The number of ether oxygens (including phenoxy) is 1. The van der Waals surface area contributed by atoms with Gasteiger partial charge in [0.1, 0.15) is 23.0 Å². The highest BCUT2D eigenvalue weighted by atomic mass is 19.1. The number of nitrogens with one attached hydrogen (secondary N) is 1. The van der Waals surface area contributed by atoms with Gasteiger partial charge in [0.05, 0.1) is 24.6 Å². The number of rotatable bonds is 5. The molecule has 3 atom stereocenters. The van der Waals surface area contributed by atoms with Gasteiger partial charge in [-0.2, -0.15) is 0 Å². The summed E-state index contributed by atoms with van der Waals surface area (Å²) >= 11 is 0. The van der Waals surface area contributed by atoms with E-state index in [4.69, 9.17) is 10.5 Å². The average molecular weight is 470 g/mol. The second kappa shape index (κ2) is 9.80. The normalized spacial score (nSPS) is 20.1. The van der Waals surface area contributed by atoms with E-state index in [-0.39, 0.29) is 23.4 Å². The third-order valence-electron chi connectivity index (χ3n) is 6.11. The molecule has 178 valence electrons. The van der Waals surface area contributed by atoms with Gasteiger partial charge in [-0.15, -0.1) is 0 Å². The lowest BCUT2D eigenvalue weighted by atomic mass is 9.76. The van der Waals surface area contributed by atoms with Crippen LogP contribution in [-0.4, -0.2) is 29.0 Å². The predicted octanol–water partition coefficient (Wildman–Crippen LogP) is 5.05. The van der Waals surface area contributed by atoms with Crippen molar-refractivity contribution in [3.8, 4) is 17.0 Å². The largest absolute Gasteiger partial charge is 0.494 e. The van der Waals surface area contributed by atoms with E-state index in [1.54, 1.807) is 6.20 Å². The van der Waals surface area contributed by atoms with Crippen molar-refractivity contribution in [2.75, 3.05) is 12.4 Å². The zero-order chi connectivity index (χ0) is 24.4. The summed E-state index contributed by atoms with van der Waals surface area (Å²) in [5, 5.41) is 2.76. The number of benzene rings is 1. The number of hydrogen-bond acceptors (Lipinski definition) is 5. The Morgan fingerprint density at radius 1 is 1.09 bits per heavy atom. The number of methoxy groups -OCH3 is 1. The SMILES string of the molecule is COc1ccc(F)c(-c2nc(C(=O)Nc3cnccc3[C@@H]3C[C@H](C)C[C@@H](N)C3)ccc2F)c1F. The first kappa shape index (κ1) is 23.7. The van der Waals surface area contributed by atoms with E-state index in [0.29, 0.717) is 11.6 Å². The predicted molar refractivity (Wildman–Crippen MR) is 122 cm³/mol. The average Bonchev–Trinajstić information content (AvgIpc) is 2.80. The maximum atomic E-state index is 14.7. The zero-order valence-corrected chi connectivity index (χ0v) is 18.8. The number of amides is 1. The monoisotopic (exact) mass is 470 g/mol. The smallest absolute Gasteiger partial charge is 0.274 e. The molecule has 0 unspecified atom stereocenters. The Morgan fingerprint density at radius 3 is 2.59 bits per heavy atom. The van der Waals surface area contributed by atoms with Crippen molar-refractivity contribution in [2.45, 2.75) is 38.1 Å². The summed E-state index contributed by atoms with van der Waals surface area (Å²) in [7, 11) is 1.21. The molecule has 1 saturated carbocycles. The Kier molecular flexibility index (Phi) is 6.83. The molecule has 4 rings (SSSR count). The van der Waals surface area contributed by atoms with Crippen LogP contribution in [0.4, 0.5) is 18.9 Å². The van der Waals surface area contributed by atoms with E-state index in [1.165, 1.54) is 13.3 Å². The van der Waals surface area contributed by atoms with Crippen molar-refractivity contribution in [3.05, 3.63) is 71.4 Å². The number of anilines is 1. The number of nitrogens with two attached hydrogens (primary N) is 1. The third-order valence-corrected chi connectivity index (χ3v) is 6.11. The summed E-state index contributed by atoms with van der Waals surface area (Å²) in [5.74, 6) is -3.45. The topological polar surface area (TPSA) is 90.1 Å². The highest BCUT2D eigenvalue weighted by molar-refractivity contribution is 6.03. The summed E-state index contributed by atoms with van der Waals surface area (Å²) in [6, 6.07) is 6.04. The first-order valence-corrected chi connectivity index (χ1v) is 11.0. The molecule has 0 saturated heterocycles. The highest BCUT2D eigenvalue weighted by Gasteiger charge is 2.28. The van der Waals surface area contributed by atoms with Gasteiger partial charge in [0.25, 0.3) is 5.91 Å². The first-order valence-electron chi connectivity index (χ1n) is 11.0. The van der Waals surface area contributed by atoms with Crippen LogP contribution in [0.2, 0.25) is 0 Å². The maximum absolute atomic E-state index is 14.7. The molecule has 2 heterocycles. The van der Waals surface area contributed by atoms with E-state index < -0.39 is 34.6 Å². The van der Waals surface area contributed by atoms with E-state index in [0.717, 1.165) is 49.1 Å². The van der Waals surface area contributed by atoms with Gasteiger partial charge in [0.2, 0.25) is 0 Å². The Hall–Kier alpha value is -3.46. The van der Waals surface area contributed by atoms with Crippen LogP contribution in [-0.2, 0) is 0 Å². The maximum Gasteiger partial charge on any atom is 0.274 e. The minimum atomic E-state index is -1.11. The molecule has 1 aliphatic rings. The molecule has 1 fully saturated rings. The van der Waals surface area contributed by atoms with E-state index in [9.17, 15) is 18.0 Å². The van der Waals surface area contributed by atoms with Gasteiger partial charge in [0.15, 0.2) is 11.6 Å². The van der Waals surface area contributed by atoms with Crippen LogP contribution in [0.5, 0.6) is 5.75 Å². The second-order valence-corrected chi connectivity index (χ2v) is 8.65. The quantitative estimate of drug-likeness (QED) is 0.545. The third kappa shape index (κ3) is 4.75. The van der Waals surface area contributed by atoms with Crippen LogP contribution in [0.3, 0.4) is 0 Å². The van der Waals surface area contributed by atoms with Crippen LogP contribution in [0.15, 0.2) is 42.7 Å². The molecule has 34 heavy (non-hydrogen) atoms. The summed E-state index contributed by atoms with van der Waals surface area (Å²) in [4.78, 5) is 21.1. The van der Waals surface area contributed by atoms with E-state index in [2.05, 4.69) is 22.2 Å². The number of hydrogen-bond donors (Lipinski definition) is 2. The molecule has 0 radical (unpaired) electrons. The molecular formula is C25H25F3N4O2. The molecule has 3 aromatic rings. The second-order valence-electron chi connectivity index (χ2n) is 8.65. The van der Waals surface area contributed by atoms with Crippen LogP contribution in [0.25, 0.3) is 11.3 Å². The van der Waals surface area contributed by atoms with Gasteiger partial charge >= 0.3 is 0 Å². The van der Waals surface area contributed by atoms with Crippen LogP contribution in [0.1, 0.15) is 48.2 Å². The van der Waals surface area contributed by atoms with Crippen molar-refractivity contribution in [2.24, 2.45) is 11.7 Å². The number of nitrogens with zero attached hydrogens (tertiary/aromatic N) is 2. The van der Waals surface area contributed by atoms with Crippen LogP contribution < -0.4 is 15.8 Å². The number of carbonyl (C=O) groups excluding carboxylic acids is 1. The molecule has 3 N–H and O–H groups in total. The molecule has 9 heteroatoms. The van der Waals surface area contributed by atoms with Gasteiger partial charge in [-0.3, -0.25) is 9.78 Å². The van der Waals surface area contributed by atoms with Crippen LogP contribution in [0, 0.1) is 23.4 Å². The first-order chi connectivity index (χ1) is 16.3. The molecule has 0 bridgehead atoms. The van der Waals surface area contributed by atoms with Gasteiger partial charge in [-0.05, 0) is 67.0 Å². The van der Waals surface area contributed by atoms with E-state index >= 15 is 0 Å². The lowest BCUT2D eigenvalue weighted by molar-refractivity contribution is 0.102. The lowest BCUT2D eigenvalue weighted by Crippen LogP contribution is -2.31. The van der Waals surface area contributed by atoms with Crippen LogP contribution >= 0.6 is 0 Å². The number of halogens is 3. The number of pyridine rings is 2. The molecule has 6 nitrogen and oxygen atoms in total. The summed E-state index contributed by atoms with van der Waals surface area (Å²) < 4.78 is 48.5. The van der Waals surface area contributed by atoms with Crippen molar-refractivity contribution >= 4 is 11.6 Å². The lowest BCUT2D eigenvalue weighted by Gasteiger charge is -2.32. The van der Waals surface area contributed by atoms with Crippen molar-refractivity contribution in [1.29, 1.82) is 0 Å². The molecule has 0 spiro atoms. The minimum Gasteiger partial charge on any atom is -0.494 e. The fraction of sp³-hybridized carbons (Fsp3) is 0.320. The Bertz CT molecular complexity index is 1210. The molecule has 2 aromatic heterocycles. The zero-order valence-electron chi connectivity index (χ0n) is 18.8. The summed E-state index contributed by atoms with van der Waals surface area (Å²) in [5.41, 5.74) is 6.06. The minimum absolute atomic E-state index is 0.0689. The Balaban J connectivity index is 1.66. The molecule has 1 amide bonds. The van der Waals surface area contributed by atoms with Crippen molar-refractivity contribution in [1.82, 2.24) is 9.97 Å². The van der Waals surface area contributed by atoms with Crippen molar-refractivity contribution < 1.29 is 22.7 Å². The fourth-order valence-electron chi connectivity index (χ4n) is 4.61. The summed E-state index contributed by atoms with van der Waals surface area (Å²) in [6.45, 7) is 2.15.